The number of aryl methyl sites for hydroxylation is 2. The van der Waals surface area contributed by atoms with Crippen LogP contribution in [-0.4, -0.2) is 34.3 Å². The van der Waals surface area contributed by atoms with Crippen molar-refractivity contribution in [1.29, 1.82) is 0 Å². The number of aliphatic carboxylic acids is 1. The lowest BCUT2D eigenvalue weighted by molar-refractivity contribution is -0.131. The molecule has 1 unspecified atom stereocenters. The van der Waals surface area contributed by atoms with E-state index >= 15 is 0 Å². The minimum atomic E-state index is -0.932. The van der Waals surface area contributed by atoms with Crippen LogP contribution < -0.4 is 0 Å². The molecule has 6 heteroatoms. The second-order valence-electron chi connectivity index (χ2n) is 6.89. The largest absolute Gasteiger partial charge is 0.478 e. The van der Waals surface area contributed by atoms with Crippen LogP contribution in [0.25, 0.3) is 0 Å². The molecule has 1 aromatic heterocycles. The Morgan fingerprint density at radius 2 is 2.15 bits per heavy atom. The van der Waals surface area contributed by atoms with Crippen molar-refractivity contribution in [2.24, 2.45) is 0 Å². The number of halogens is 1. The summed E-state index contributed by atoms with van der Waals surface area (Å²) in [7, 11) is 0. The first-order chi connectivity index (χ1) is 12.9. The third-order valence-electron chi connectivity index (χ3n) is 4.77. The maximum atomic E-state index is 13.9. The Morgan fingerprint density at radius 3 is 2.81 bits per heavy atom. The second kappa shape index (κ2) is 8.76. The Bertz CT molecular complexity index is 846. The minimum Gasteiger partial charge on any atom is -0.478 e. The molecule has 0 amide bonds. The third-order valence-corrected chi connectivity index (χ3v) is 6.19. The van der Waals surface area contributed by atoms with Crippen molar-refractivity contribution in [3.05, 3.63) is 70.4 Å². The van der Waals surface area contributed by atoms with Gasteiger partial charge >= 0.3 is 5.97 Å². The maximum absolute atomic E-state index is 13.9. The molecule has 0 radical (unpaired) electrons. The predicted molar refractivity (Wildman–Crippen MR) is 105 cm³/mol. The number of carboxylic acid groups (broad SMARTS) is 1. The fraction of sp³-hybridized carbons (Fsp3) is 0.381. The molecular formula is C21H24FNO3S. The minimum absolute atomic E-state index is 0.146. The van der Waals surface area contributed by atoms with Crippen molar-refractivity contribution < 1.29 is 18.7 Å². The van der Waals surface area contributed by atoms with E-state index in [1.165, 1.54) is 12.1 Å². The summed E-state index contributed by atoms with van der Waals surface area (Å²) in [5.41, 5.74) is 2.68. The highest BCUT2D eigenvalue weighted by Crippen LogP contribution is 2.32. The first-order valence-electron chi connectivity index (χ1n) is 8.99. The van der Waals surface area contributed by atoms with Crippen LogP contribution in [0.5, 0.6) is 0 Å². The van der Waals surface area contributed by atoms with E-state index in [1.807, 2.05) is 26.0 Å². The maximum Gasteiger partial charge on any atom is 0.328 e. The van der Waals surface area contributed by atoms with Gasteiger partial charge in [-0.1, -0.05) is 18.2 Å². The molecule has 2 heterocycles. The first-order valence-corrected chi connectivity index (χ1v) is 10.0. The molecule has 1 fully saturated rings. The molecule has 1 saturated heterocycles. The smallest absolute Gasteiger partial charge is 0.328 e. The van der Waals surface area contributed by atoms with Gasteiger partial charge in [0.05, 0.1) is 0 Å². The second-order valence-corrected chi connectivity index (χ2v) is 8.08. The van der Waals surface area contributed by atoms with Gasteiger partial charge < -0.3 is 9.52 Å². The van der Waals surface area contributed by atoms with Crippen molar-refractivity contribution in [3.63, 3.8) is 0 Å². The number of likely N-dealkylation sites (tertiary alicyclic amines) is 1. The molecule has 1 aliphatic rings. The Morgan fingerprint density at radius 1 is 1.37 bits per heavy atom. The molecule has 1 atom stereocenters. The van der Waals surface area contributed by atoms with Gasteiger partial charge in [-0.05, 0) is 38.0 Å². The summed E-state index contributed by atoms with van der Waals surface area (Å²) in [5, 5.41) is 9.40. The SMILES string of the molecule is Cc1cc(CSC2CCN(Cc3ccccc3F)CC2=CC(=O)O)c(C)o1. The van der Waals surface area contributed by atoms with Crippen molar-refractivity contribution >= 4 is 17.7 Å². The zero-order chi connectivity index (χ0) is 19.4. The molecule has 2 aromatic rings. The molecule has 0 saturated carbocycles. The fourth-order valence-corrected chi connectivity index (χ4v) is 4.73. The summed E-state index contributed by atoms with van der Waals surface area (Å²) in [5.74, 6) is 1.45. The molecule has 144 valence electrons. The van der Waals surface area contributed by atoms with Gasteiger partial charge in [0.2, 0.25) is 0 Å². The highest BCUT2D eigenvalue weighted by molar-refractivity contribution is 7.99. The number of rotatable bonds is 6. The van der Waals surface area contributed by atoms with Crippen LogP contribution in [0.4, 0.5) is 4.39 Å². The van der Waals surface area contributed by atoms with Gasteiger partial charge in [-0.2, -0.15) is 0 Å². The van der Waals surface area contributed by atoms with E-state index in [0.717, 1.165) is 41.4 Å². The Hall–Kier alpha value is -2.05. The molecule has 4 nitrogen and oxygen atoms in total. The number of carbonyl (C=O) groups is 1. The number of hydrogen-bond donors (Lipinski definition) is 1. The molecule has 3 rings (SSSR count). The van der Waals surface area contributed by atoms with Crippen LogP contribution in [0.1, 0.15) is 29.1 Å². The lowest BCUT2D eigenvalue weighted by Crippen LogP contribution is -2.37. The molecular weight excluding hydrogens is 365 g/mol. The number of nitrogens with zero attached hydrogens (tertiary/aromatic N) is 1. The van der Waals surface area contributed by atoms with Crippen molar-refractivity contribution in [3.8, 4) is 0 Å². The summed E-state index contributed by atoms with van der Waals surface area (Å²) in [6, 6.07) is 8.78. The van der Waals surface area contributed by atoms with Gasteiger partial charge in [0, 0.05) is 47.8 Å². The number of furan rings is 1. The molecule has 27 heavy (non-hydrogen) atoms. The van der Waals surface area contributed by atoms with E-state index in [9.17, 15) is 14.3 Å². The zero-order valence-corrected chi connectivity index (χ0v) is 16.4. The van der Waals surface area contributed by atoms with Crippen LogP contribution >= 0.6 is 11.8 Å². The zero-order valence-electron chi connectivity index (χ0n) is 15.6. The lowest BCUT2D eigenvalue weighted by atomic mass is 10.0. The number of hydrogen-bond acceptors (Lipinski definition) is 4. The number of benzene rings is 1. The quantitative estimate of drug-likeness (QED) is 0.735. The first kappa shape index (κ1) is 19.7. The summed E-state index contributed by atoms with van der Waals surface area (Å²) in [4.78, 5) is 13.4. The summed E-state index contributed by atoms with van der Waals surface area (Å²) in [6.07, 6.45) is 2.16. The van der Waals surface area contributed by atoms with Crippen molar-refractivity contribution in [1.82, 2.24) is 4.90 Å². The average Bonchev–Trinajstić information content (AvgIpc) is 2.93. The van der Waals surface area contributed by atoms with Crippen LogP contribution in [-0.2, 0) is 17.1 Å². The van der Waals surface area contributed by atoms with E-state index in [2.05, 4.69) is 4.90 Å². The van der Waals surface area contributed by atoms with Gasteiger partial charge in [-0.25, -0.2) is 9.18 Å². The highest BCUT2D eigenvalue weighted by Gasteiger charge is 2.26. The Kier molecular flexibility index (Phi) is 6.39. The van der Waals surface area contributed by atoms with Gasteiger partial charge in [-0.3, -0.25) is 4.90 Å². The standard InChI is InChI=1S/C21H24FNO3S/c1-14-9-18(15(2)26-14)13-27-20-7-8-23(12-17(20)10-21(24)25)11-16-5-3-4-6-19(16)22/h3-6,9-10,20H,7-8,11-13H2,1-2H3,(H,24,25). The Labute approximate surface area is 163 Å². The van der Waals surface area contributed by atoms with Crippen LogP contribution in [0.3, 0.4) is 0 Å². The summed E-state index contributed by atoms with van der Waals surface area (Å²) in [6.45, 7) is 5.72. The molecule has 0 aliphatic carbocycles. The predicted octanol–water partition coefficient (Wildman–Crippen LogP) is 4.55. The summed E-state index contributed by atoms with van der Waals surface area (Å²) >= 11 is 1.75. The van der Waals surface area contributed by atoms with E-state index in [-0.39, 0.29) is 11.1 Å². The van der Waals surface area contributed by atoms with Gasteiger partial charge in [0.1, 0.15) is 17.3 Å². The Balaban J connectivity index is 1.67. The van der Waals surface area contributed by atoms with E-state index in [0.29, 0.717) is 18.7 Å². The molecule has 1 aromatic carbocycles. The van der Waals surface area contributed by atoms with Crippen LogP contribution in [0.2, 0.25) is 0 Å². The van der Waals surface area contributed by atoms with Gasteiger partial charge in [0.15, 0.2) is 0 Å². The monoisotopic (exact) mass is 389 g/mol. The van der Waals surface area contributed by atoms with Crippen molar-refractivity contribution in [2.45, 2.75) is 37.8 Å². The van der Waals surface area contributed by atoms with Crippen LogP contribution in [0, 0.1) is 19.7 Å². The van der Waals surface area contributed by atoms with Crippen LogP contribution in [0.15, 0.2) is 46.4 Å². The molecule has 0 spiro atoms. The number of carboxylic acids is 1. The van der Waals surface area contributed by atoms with E-state index < -0.39 is 5.97 Å². The topological polar surface area (TPSA) is 53.7 Å². The van der Waals surface area contributed by atoms with E-state index in [1.54, 1.807) is 23.9 Å². The molecule has 1 N–H and O–H groups in total. The average molecular weight is 389 g/mol. The third kappa shape index (κ3) is 5.23. The van der Waals surface area contributed by atoms with Gasteiger partial charge in [0.25, 0.3) is 0 Å². The number of thioether (sulfide) groups is 1. The molecule has 1 aliphatic heterocycles. The molecule has 0 bridgehead atoms. The highest BCUT2D eigenvalue weighted by atomic mass is 32.2. The van der Waals surface area contributed by atoms with Crippen molar-refractivity contribution in [2.75, 3.05) is 13.1 Å². The fourth-order valence-electron chi connectivity index (χ4n) is 3.43. The number of piperidine rings is 1. The normalized spacial score (nSPS) is 19.5. The van der Waals surface area contributed by atoms with Gasteiger partial charge in [-0.15, -0.1) is 11.8 Å². The summed E-state index contributed by atoms with van der Waals surface area (Å²) < 4.78 is 19.5. The van der Waals surface area contributed by atoms with E-state index in [4.69, 9.17) is 4.42 Å². The lowest BCUT2D eigenvalue weighted by Gasteiger charge is -2.34.